The van der Waals surface area contributed by atoms with Crippen molar-refractivity contribution < 1.29 is 8.42 Å². The predicted octanol–water partition coefficient (Wildman–Crippen LogP) is 2.75. The number of sulfonamides is 1. The summed E-state index contributed by atoms with van der Waals surface area (Å²) in [7, 11) is -0.225. The standard InChI is InChI=1S/C12H19NO2S2/c1-5-9-16-11-8-6-7-10(2)12(11)17(14,15)13(3)4/h6-8H,5,9H2,1-4H3. The van der Waals surface area contributed by atoms with E-state index in [0.717, 1.165) is 22.6 Å². The molecule has 0 saturated heterocycles. The monoisotopic (exact) mass is 273 g/mol. The zero-order valence-electron chi connectivity index (χ0n) is 10.7. The second-order valence-corrected chi connectivity index (χ2v) is 7.26. The van der Waals surface area contributed by atoms with Crippen molar-refractivity contribution in [3.05, 3.63) is 23.8 Å². The lowest BCUT2D eigenvalue weighted by Gasteiger charge is -2.16. The summed E-state index contributed by atoms with van der Waals surface area (Å²) in [6, 6.07) is 5.62. The van der Waals surface area contributed by atoms with Crippen LogP contribution in [-0.2, 0) is 10.0 Å². The van der Waals surface area contributed by atoms with Crippen molar-refractivity contribution >= 4 is 21.8 Å². The van der Waals surface area contributed by atoms with Crippen LogP contribution in [0.1, 0.15) is 18.9 Å². The Balaban J connectivity index is 3.30. The summed E-state index contributed by atoms with van der Waals surface area (Å²) in [5.74, 6) is 0.930. The van der Waals surface area contributed by atoms with Crippen molar-refractivity contribution in [2.75, 3.05) is 19.8 Å². The maximum absolute atomic E-state index is 12.2. The molecule has 0 aliphatic heterocycles. The Bertz CT molecular complexity index is 481. The molecule has 0 fully saturated rings. The second-order valence-electron chi connectivity index (χ2n) is 4.04. The molecule has 0 bridgehead atoms. The van der Waals surface area contributed by atoms with Crippen molar-refractivity contribution in [2.24, 2.45) is 0 Å². The Morgan fingerprint density at radius 1 is 1.29 bits per heavy atom. The van der Waals surface area contributed by atoms with Crippen molar-refractivity contribution in [3.8, 4) is 0 Å². The van der Waals surface area contributed by atoms with Crippen LogP contribution >= 0.6 is 11.8 Å². The van der Waals surface area contributed by atoms with Crippen LogP contribution in [0.4, 0.5) is 0 Å². The van der Waals surface area contributed by atoms with Gasteiger partial charge in [-0.25, -0.2) is 12.7 Å². The van der Waals surface area contributed by atoms with Crippen LogP contribution in [0.5, 0.6) is 0 Å². The van der Waals surface area contributed by atoms with E-state index in [4.69, 9.17) is 0 Å². The molecule has 0 amide bonds. The number of thioether (sulfide) groups is 1. The van der Waals surface area contributed by atoms with E-state index in [0.29, 0.717) is 4.90 Å². The highest BCUT2D eigenvalue weighted by atomic mass is 32.2. The van der Waals surface area contributed by atoms with Gasteiger partial charge in [-0.05, 0) is 30.7 Å². The molecule has 0 aliphatic carbocycles. The highest BCUT2D eigenvalue weighted by Crippen LogP contribution is 2.30. The van der Waals surface area contributed by atoms with E-state index in [1.54, 1.807) is 25.9 Å². The molecule has 0 heterocycles. The Labute approximate surface area is 108 Å². The molecule has 0 atom stereocenters. The molecular weight excluding hydrogens is 254 g/mol. The van der Waals surface area contributed by atoms with Gasteiger partial charge in [-0.1, -0.05) is 19.1 Å². The number of hydrogen-bond acceptors (Lipinski definition) is 3. The van der Waals surface area contributed by atoms with E-state index in [-0.39, 0.29) is 0 Å². The maximum atomic E-state index is 12.2. The molecule has 1 aromatic rings. The molecule has 0 aliphatic rings. The molecule has 1 aromatic carbocycles. The molecule has 1 rings (SSSR count). The summed E-state index contributed by atoms with van der Waals surface area (Å²) in [6.45, 7) is 3.93. The van der Waals surface area contributed by atoms with Crippen LogP contribution in [0, 0.1) is 6.92 Å². The quantitative estimate of drug-likeness (QED) is 0.774. The highest BCUT2D eigenvalue weighted by Gasteiger charge is 2.23. The third-order valence-corrected chi connectivity index (χ3v) is 5.79. The first-order valence-corrected chi connectivity index (χ1v) is 7.98. The third kappa shape index (κ3) is 3.24. The smallest absolute Gasteiger partial charge is 0.207 e. The van der Waals surface area contributed by atoms with Crippen LogP contribution in [0.25, 0.3) is 0 Å². The second kappa shape index (κ2) is 5.89. The average Bonchev–Trinajstić information content (AvgIpc) is 2.25. The van der Waals surface area contributed by atoms with E-state index < -0.39 is 10.0 Å². The van der Waals surface area contributed by atoms with Gasteiger partial charge < -0.3 is 0 Å². The predicted molar refractivity (Wildman–Crippen MR) is 73.1 cm³/mol. The molecule has 0 aromatic heterocycles. The minimum absolute atomic E-state index is 0.448. The minimum Gasteiger partial charge on any atom is -0.207 e. The fourth-order valence-corrected chi connectivity index (χ4v) is 4.01. The normalized spacial score (nSPS) is 12.1. The summed E-state index contributed by atoms with van der Waals surface area (Å²) in [5, 5.41) is 0. The molecule has 0 N–H and O–H groups in total. The molecule has 0 spiro atoms. The number of rotatable bonds is 5. The first kappa shape index (κ1) is 14.5. The zero-order valence-corrected chi connectivity index (χ0v) is 12.4. The number of benzene rings is 1. The molecule has 96 valence electrons. The first-order valence-electron chi connectivity index (χ1n) is 5.56. The SMILES string of the molecule is CCCSc1cccc(C)c1S(=O)(=O)N(C)C. The molecule has 0 radical (unpaired) electrons. The molecule has 3 nitrogen and oxygen atoms in total. The van der Waals surface area contributed by atoms with Crippen molar-refractivity contribution in [1.82, 2.24) is 4.31 Å². The lowest BCUT2D eigenvalue weighted by molar-refractivity contribution is 0.518. The summed E-state index contributed by atoms with van der Waals surface area (Å²) in [6.07, 6.45) is 1.03. The van der Waals surface area contributed by atoms with Crippen LogP contribution in [0.3, 0.4) is 0 Å². The molecule has 17 heavy (non-hydrogen) atoms. The third-order valence-electron chi connectivity index (χ3n) is 2.38. The lowest BCUT2D eigenvalue weighted by Crippen LogP contribution is -2.23. The molecule has 0 unspecified atom stereocenters. The Kier molecular flexibility index (Phi) is 5.04. The maximum Gasteiger partial charge on any atom is 0.243 e. The van der Waals surface area contributed by atoms with Crippen LogP contribution in [0.2, 0.25) is 0 Å². The number of aryl methyl sites for hydroxylation is 1. The molecular formula is C12H19NO2S2. The van der Waals surface area contributed by atoms with Crippen LogP contribution in [0.15, 0.2) is 28.0 Å². The topological polar surface area (TPSA) is 37.4 Å². The van der Waals surface area contributed by atoms with Gasteiger partial charge in [0.25, 0.3) is 0 Å². The largest absolute Gasteiger partial charge is 0.243 e. The van der Waals surface area contributed by atoms with Gasteiger partial charge >= 0.3 is 0 Å². The van der Waals surface area contributed by atoms with E-state index >= 15 is 0 Å². The van der Waals surface area contributed by atoms with Gasteiger partial charge in [0, 0.05) is 19.0 Å². The summed E-state index contributed by atoms with van der Waals surface area (Å²) in [5.41, 5.74) is 0.805. The van der Waals surface area contributed by atoms with Gasteiger partial charge in [0.05, 0.1) is 4.90 Å². The van der Waals surface area contributed by atoms with Crippen LogP contribution < -0.4 is 0 Å². The fourth-order valence-electron chi connectivity index (χ4n) is 1.46. The van der Waals surface area contributed by atoms with E-state index in [9.17, 15) is 8.42 Å². The Hall–Kier alpha value is -0.520. The van der Waals surface area contributed by atoms with Gasteiger partial charge in [-0.2, -0.15) is 0 Å². The van der Waals surface area contributed by atoms with Gasteiger partial charge in [-0.3, -0.25) is 0 Å². The zero-order chi connectivity index (χ0) is 13.1. The van der Waals surface area contributed by atoms with Crippen LogP contribution in [-0.4, -0.2) is 32.6 Å². The summed E-state index contributed by atoms with van der Waals surface area (Å²) in [4.78, 5) is 1.30. The van der Waals surface area contributed by atoms with E-state index in [1.807, 2.05) is 25.1 Å². The fraction of sp³-hybridized carbons (Fsp3) is 0.500. The van der Waals surface area contributed by atoms with Gasteiger partial charge in [0.1, 0.15) is 0 Å². The van der Waals surface area contributed by atoms with Crippen molar-refractivity contribution in [2.45, 2.75) is 30.1 Å². The highest BCUT2D eigenvalue weighted by molar-refractivity contribution is 8.00. The lowest BCUT2D eigenvalue weighted by atomic mass is 10.2. The Morgan fingerprint density at radius 3 is 2.47 bits per heavy atom. The number of hydrogen-bond donors (Lipinski definition) is 0. The van der Waals surface area contributed by atoms with Gasteiger partial charge in [0.2, 0.25) is 10.0 Å². The Morgan fingerprint density at radius 2 is 1.94 bits per heavy atom. The molecule has 5 heteroatoms. The first-order chi connectivity index (χ1) is 7.91. The van der Waals surface area contributed by atoms with Gasteiger partial charge in [0.15, 0.2) is 0 Å². The van der Waals surface area contributed by atoms with E-state index in [2.05, 4.69) is 6.92 Å². The number of nitrogens with zero attached hydrogens (tertiary/aromatic N) is 1. The minimum atomic E-state index is -3.36. The van der Waals surface area contributed by atoms with Crippen molar-refractivity contribution in [1.29, 1.82) is 0 Å². The van der Waals surface area contributed by atoms with Gasteiger partial charge in [-0.15, -0.1) is 11.8 Å². The summed E-state index contributed by atoms with van der Waals surface area (Å²) >= 11 is 1.60. The van der Waals surface area contributed by atoms with Crippen molar-refractivity contribution in [3.63, 3.8) is 0 Å². The molecule has 0 saturated carbocycles. The summed E-state index contributed by atoms with van der Waals surface area (Å²) < 4.78 is 25.8. The average molecular weight is 273 g/mol. The van der Waals surface area contributed by atoms with E-state index in [1.165, 1.54) is 4.31 Å².